The summed E-state index contributed by atoms with van der Waals surface area (Å²) in [5.41, 5.74) is 7.07. The van der Waals surface area contributed by atoms with Crippen molar-refractivity contribution in [2.75, 3.05) is 18.0 Å². The molecule has 5 nitrogen and oxygen atoms in total. The molecule has 0 saturated carbocycles. The number of hydrogen-bond acceptors (Lipinski definition) is 4. The Morgan fingerprint density at radius 3 is 3.00 bits per heavy atom. The van der Waals surface area contributed by atoms with Crippen LogP contribution in [0.4, 0.5) is 5.69 Å². The Morgan fingerprint density at radius 1 is 1.59 bits per heavy atom. The average Bonchev–Trinajstić information content (AvgIpc) is 2.38. The molecular formula is C12H18N4O. The number of anilines is 1. The maximum atomic E-state index is 8.55. The van der Waals surface area contributed by atoms with E-state index >= 15 is 0 Å². The van der Waals surface area contributed by atoms with Crippen LogP contribution in [0.2, 0.25) is 0 Å². The van der Waals surface area contributed by atoms with Gasteiger partial charge < -0.3 is 15.8 Å². The van der Waals surface area contributed by atoms with Gasteiger partial charge in [-0.25, -0.2) is 0 Å². The number of rotatable bonds is 2. The van der Waals surface area contributed by atoms with Crippen molar-refractivity contribution in [3.8, 4) is 0 Å². The van der Waals surface area contributed by atoms with Crippen molar-refractivity contribution in [1.29, 1.82) is 0 Å². The maximum Gasteiger partial charge on any atom is 0.188 e. The maximum absolute atomic E-state index is 8.55. The number of aromatic nitrogens is 1. The molecule has 0 spiro atoms. The standard InChI is InChI=1S/C12H18N4O/c1-9-3-2-6-16(8-9)10-4-5-11(14-7-10)12(13)15-17/h4-5,7,9,17H,2-3,6,8H2,1H3,(H2,13,15). The van der Waals surface area contributed by atoms with Crippen LogP contribution in [0.25, 0.3) is 0 Å². The highest BCUT2D eigenvalue weighted by Crippen LogP contribution is 2.22. The van der Waals surface area contributed by atoms with Crippen molar-refractivity contribution in [2.24, 2.45) is 16.8 Å². The van der Waals surface area contributed by atoms with Gasteiger partial charge in [0.2, 0.25) is 0 Å². The van der Waals surface area contributed by atoms with E-state index in [0.29, 0.717) is 5.69 Å². The Kier molecular flexibility index (Phi) is 3.46. The summed E-state index contributed by atoms with van der Waals surface area (Å²) < 4.78 is 0. The van der Waals surface area contributed by atoms with Crippen LogP contribution in [0, 0.1) is 5.92 Å². The molecule has 1 atom stereocenters. The molecule has 92 valence electrons. The molecule has 1 fully saturated rings. The van der Waals surface area contributed by atoms with Crippen molar-refractivity contribution < 1.29 is 5.21 Å². The minimum Gasteiger partial charge on any atom is -0.409 e. The molecule has 17 heavy (non-hydrogen) atoms. The fraction of sp³-hybridized carbons (Fsp3) is 0.500. The Bertz CT molecular complexity index is 401. The largest absolute Gasteiger partial charge is 0.409 e. The van der Waals surface area contributed by atoms with Crippen molar-refractivity contribution in [3.05, 3.63) is 24.0 Å². The summed E-state index contributed by atoms with van der Waals surface area (Å²) in [5.74, 6) is 0.774. The van der Waals surface area contributed by atoms with E-state index in [2.05, 4.69) is 22.0 Å². The SMILES string of the molecule is CC1CCCN(c2ccc(/C(N)=N/O)nc2)C1. The summed E-state index contributed by atoms with van der Waals surface area (Å²) in [6.07, 6.45) is 4.31. The zero-order valence-corrected chi connectivity index (χ0v) is 10.0. The third-order valence-corrected chi connectivity index (χ3v) is 3.14. The normalized spacial score (nSPS) is 21.6. The summed E-state index contributed by atoms with van der Waals surface area (Å²) in [4.78, 5) is 6.52. The van der Waals surface area contributed by atoms with E-state index in [0.717, 1.165) is 24.7 Å². The Morgan fingerprint density at radius 2 is 2.41 bits per heavy atom. The van der Waals surface area contributed by atoms with Gasteiger partial charge in [0.05, 0.1) is 11.9 Å². The Balaban J connectivity index is 2.12. The lowest BCUT2D eigenvalue weighted by atomic mass is 10.00. The van der Waals surface area contributed by atoms with Gasteiger partial charge in [-0.15, -0.1) is 0 Å². The highest BCUT2D eigenvalue weighted by atomic mass is 16.4. The van der Waals surface area contributed by atoms with E-state index in [1.54, 1.807) is 12.3 Å². The highest BCUT2D eigenvalue weighted by molar-refractivity contribution is 5.95. The number of nitrogens with two attached hydrogens (primary N) is 1. The van der Waals surface area contributed by atoms with Crippen LogP contribution in [0.3, 0.4) is 0 Å². The first-order valence-corrected chi connectivity index (χ1v) is 5.89. The lowest BCUT2D eigenvalue weighted by molar-refractivity contribution is 0.318. The second-order valence-corrected chi connectivity index (χ2v) is 4.58. The van der Waals surface area contributed by atoms with Crippen LogP contribution < -0.4 is 10.6 Å². The molecule has 0 bridgehead atoms. The van der Waals surface area contributed by atoms with Gasteiger partial charge in [-0.3, -0.25) is 4.98 Å². The van der Waals surface area contributed by atoms with Crippen LogP contribution in [0.1, 0.15) is 25.5 Å². The number of hydrogen-bond donors (Lipinski definition) is 2. The monoisotopic (exact) mass is 234 g/mol. The summed E-state index contributed by atoms with van der Waals surface area (Å²) in [5, 5.41) is 11.5. The summed E-state index contributed by atoms with van der Waals surface area (Å²) in [6.45, 7) is 4.42. The van der Waals surface area contributed by atoms with Crippen molar-refractivity contribution in [3.63, 3.8) is 0 Å². The first-order chi connectivity index (χ1) is 8.20. The topological polar surface area (TPSA) is 74.7 Å². The van der Waals surface area contributed by atoms with Gasteiger partial charge in [0.15, 0.2) is 5.84 Å². The van der Waals surface area contributed by atoms with Gasteiger partial charge in [0, 0.05) is 13.1 Å². The molecule has 0 radical (unpaired) electrons. The van der Waals surface area contributed by atoms with Crippen LogP contribution in [-0.2, 0) is 0 Å². The third kappa shape index (κ3) is 2.67. The van der Waals surface area contributed by atoms with Crippen LogP contribution in [-0.4, -0.2) is 29.1 Å². The fourth-order valence-corrected chi connectivity index (χ4v) is 2.20. The quantitative estimate of drug-likeness (QED) is 0.351. The second kappa shape index (κ2) is 5.03. The first-order valence-electron chi connectivity index (χ1n) is 5.89. The zero-order chi connectivity index (χ0) is 12.3. The number of amidine groups is 1. The molecule has 0 aliphatic carbocycles. The molecule has 5 heteroatoms. The summed E-state index contributed by atoms with van der Waals surface area (Å²) >= 11 is 0. The van der Waals surface area contributed by atoms with Crippen molar-refractivity contribution in [1.82, 2.24) is 4.98 Å². The van der Waals surface area contributed by atoms with Crippen molar-refractivity contribution in [2.45, 2.75) is 19.8 Å². The van der Waals surface area contributed by atoms with E-state index in [9.17, 15) is 0 Å². The molecule has 1 aromatic rings. The van der Waals surface area contributed by atoms with Gasteiger partial charge in [0.25, 0.3) is 0 Å². The van der Waals surface area contributed by atoms with E-state index in [1.165, 1.54) is 12.8 Å². The minimum atomic E-state index is 0.0450. The lowest BCUT2D eigenvalue weighted by Gasteiger charge is -2.32. The Labute approximate surface area is 101 Å². The van der Waals surface area contributed by atoms with Gasteiger partial charge >= 0.3 is 0 Å². The number of oxime groups is 1. The lowest BCUT2D eigenvalue weighted by Crippen LogP contribution is -2.34. The fourth-order valence-electron chi connectivity index (χ4n) is 2.20. The predicted molar refractivity (Wildman–Crippen MR) is 67.4 cm³/mol. The molecule has 1 unspecified atom stereocenters. The molecule has 2 rings (SSSR count). The average molecular weight is 234 g/mol. The highest BCUT2D eigenvalue weighted by Gasteiger charge is 2.16. The molecular weight excluding hydrogens is 216 g/mol. The van der Waals surface area contributed by atoms with Crippen molar-refractivity contribution >= 4 is 11.5 Å². The number of pyridine rings is 1. The van der Waals surface area contributed by atoms with Gasteiger partial charge in [-0.2, -0.15) is 0 Å². The Hall–Kier alpha value is -1.78. The van der Waals surface area contributed by atoms with Gasteiger partial charge in [-0.05, 0) is 30.9 Å². The number of piperidine rings is 1. The first kappa shape index (κ1) is 11.7. The van der Waals surface area contributed by atoms with Crippen LogP contribution in [0.15, 0.2) is 23.5 Å². The van der Waals surface area contributed by atoms with Gasteiger partial charge in [-0.1, -0.05) is 12.1 Å². The molecule has 1 aromatic heterocycles. The molecule has 2 heterocycles. The van der Waals surface area contributed by atoms with E-state index in [1.807, 2.05) is 6.07 Å². The zero-order valence-electron chi connectivity index (χ0n) is 10.0. The number of nitrogens with zero attached hydrogens (tertiary/aromatic N) is 3. The molecule has 0 aromatic carbocycles. The molecule has 1 saturated heterocycles. The molecule has 0 amide bonds. The van der Waals surface area contributed by atoms with E-state index < -0.39 is 0 Å². The smallest absolute Gasteiger partial charge is 0.188 e. The minimum absolute atomic E-state index is 0.0450. The van der Waals surface area contributed by atoms with E-state index in [4.69, 9.17) is 10.9 Å². The second-order valence-electron chi connectivity index (χ2n) is 4.58. The van der Waals surface area contributed by atoms with Crippen LogP contribution >= 0.6 is 0 Å². The summed E-state index contributed by atoms with van der Waals surface area (Å²) in [7, 11) is 0. The predicted octanol–water partition coefficient (Wildman–Crippen LogP) is 1.41. The van der Waals surface area contributed by atoms with E-state index in [-0.39, 0.29) is 5.84 Å². The van der Waals surface area contributed by atoms with Crippen LogP contribution in [0.5, 0.6) is 0 Å². The molecule has 1 aliphatic rings. The summed E-state index contributed by atoms with van der Waals surface area (Å²) in [6, 6.07) is 3.75. The molecule has 1 aliphatic heterocycles. The van der Waals surface area contributed by atoms with Gasteiger partial charge in [0.1, 0.15) is 5.69 Å². The molecule has 3 N–H and O–H groups in total. The third-order valence-electron chi connectivity index (χ3n) is 3.14.